The monoisotopic (exact) mass is 346 g/mol. The number of rotatable bonds is 3. The number of benzene rings is 2. The normalized spacial score (nSPS) is 18.1. The van der Waals surface area contributed by atoms with Crippen LogP contribution in [0.1, 0.15) is 19.4 Å². The van der Waals surface area contributed by atoms with Crippen molar-refractivity contribution >= 4 is 40.6 Å². The Balaban J connectivity index is 2.04. The zero-order valence-electron chi connectivity index (χ0n) is 15.5. The average molecular weight is 346 g/mol. The van der Waals surface area contributed by atoms with Crippen LogP contribution < -0.4 is 4.90 Å². The molecule has 132 valence electrons. The molecule has 26 heavy (non-hydrogen) atoms. The summed E-state index contributed by atoms with van der Waals surface area (Å²) >= 11 is 0. The predicted molar refractivity (Wildman–Crippen MR) is 109 cm³/mol. The lowest BCUT2D eigenvalue weighted by atomic mass is 10.1. The molecule has 1 aromatic heterocycles. The van der Waals surface area contributed by atoms with E-state index >= 15 is 0 Å². The first kappa shape index (κ1) is 16.4. The molecule has 3 aromatic rings. The second-order valence-corrected chi connectivity index (χ2v) is 6.51. The number of hydrogen-bond donors (Lipinski definition) is 0. The van der Waals surface area contributed by atoms with Gasteiger partial charge in [-0.1, -0.05) is 30.3 Å². The number of anilines is 1. The summed E-state index contributed by atoms with van der Waals surface area (Å²) in [6.45, 7) is 9.92. The largest absolute Gasteiger partial charge is 0.454 e. The molecule has 2 aromatic carbocycles. The van der Waals surface area contributed by atoms with Crippen molar-refractivity contribution < 1.29 is 4.42 Å². The number of hydrogen-bond acceptors (Lipinski definition) is 5. The van der Waals surface area contributed by atoms with E-state index in [2.05, 4.69) is 58.5 Å². The Labute approximate surface area is 152 Å². The summed E-state index contributed by atoms with van der Waals surface area (Å²) in [6.07, 6.45) is 1.83. The van der Waals surface area contributed by atoms with E-state index in [0.717, 1.165) is 44.8 Å². The Morgan fingerprint density at radius 2 is 1.88 bits per heavy atom. The molecule has 4 rings (SSSR count). The summed E-state index contributed by atoms with van der Waals surface area (Å²) in [5.74, 6) is 1.55. The molecule has 0 radical (unpaired) electrons. The Kier molecular flexibility index (Phi) is 3.80. The van der Waals surface area contributed by atoms with Gasteiger partial charge in [0.1, 0.15) is 11.7 Å². The molecule has 0 spiro atoms. The average Bonchev–Trinajstić information content (AvgIpc) is 3.12. The smallest absolute Gasteiger partial charge is 0.177 e. The van der Waals surface area contributed by atoms with Crippen LogP contribution in [0, 0.1) is 6.92 Å². The molecule has 0 bridgehead atoms. The first-order chi connectivity index (χ1) is 12.6. The molecule has 0 aliphatic carbocycles. The van der Waals surface area contributed by atoms with E-state index in [1.165, 1.54) is 0 Å². The molecule has 0 amide bonds. The van der Waals surface area contributed by atoms with Crippen molar-refractivity contribution in [2.24, 2.45) is 9.98 Å². The molecular weight excluding hydrogens is 324 g/mol. The van der Waals surface area contributed by atoms with Gasteiger partial charge in [-0.15, -0.1) is 0 Å². The molecule has 1 aliphatic heterocycles. The predicted octanol–water partition coefficient (Wildman–Crippen LogP) is 4.91. The van der Waals surface area contributed by atoms with E-state index in [1.54, 1.807) is 6.21 Å². The highest BCUT2D eigenvalue weighted by Gasteiger charge is 2.36. The Morgan fingerprint density at radius 3 is 2.62 bits per heavy atom. The van der Waals surface area contributed by atoms with Gasteiger partial charge < -0.3 is 9.32 Å². The first-order valence-corrected chi connectivity index (χ1v) is 8.71. The van der Waals surface area contributed by atoms with Crippen molar-refractivity contribution in [2.45, 2.75) is 26.9 Å². The van der Waals surface area contributed by atoms with Gasteiger partial charge in [-0.25, -0.2) is 9.98 Å². The van der Waals surface area contributed by atoms with Gasteiger partial charge >= 0.3 is 0 Å². The number of aryl methyl sites for hydroxylation is 1. The lowest BCUT2D eigenvalue weighted by Gasteiger charge is -2.29. The van der Waals surface area contributed by atoms with Crippen LogP contribution >= 0.6 is 0 Å². The van der Waals surface area contributed by atoms with Gasteiger partial charge in [0.15, 0.2) is 17.2 Å². The summed E-state index contributed by atoms with van der Waals surface area (Å²) in [6, 6.07) is 12.4. The third-order valence-electron chi connectivity index (χ3n) is 5.06. The second-order valence-electron chi connectivity index (χ2n) is 6.51. The number of aliphatic imine (C=N–C) groups is 2. The molecule has 0 N–H and O–H groups in total. The van der Waals surface area contributed by atoms with E-state index in [-0.39, 0.29) is 6.17 Å². The van der Waals surface area contributed by atoms with Crippen molar-refractivity contribution in [3.63, 3.8) is 0 Å². The molecular formula is C21H22N4O. The summed E-state index contributed by atoms with van der Waals surface area (Å²) < 4.78 is 6.27. The maximum absolute atomic E-state index is 6.27. The highest BCUT2D eigenvalue weighted by Crippen LogP contribution is 2.42. The van der Waals surface area contributed by atoms with Crippen molar-refractivity contribution in [3.8, 4) is 0 Å². The second kappa shape index (κ2) is 6.02. The van der Waals surface area contributed by atoms with Crippen LogP contribution in [0.15, 0.2) is 62.4 Å². The molecule has 0 fully saturated rings. The van der Waals surface area contributed by atoms with Gasteiger partial charge in [0.05, 0.1) is 5.69 Å². The van der Waals surface area contributed by atoms with Crippen LogP contribution in [0.3, 0.4) is 0 Å². The standard InChI is InChI=1S/C21H22N4O/c1-6-23-21-20(22-4)25(14(3)24(21)5)18-13(2)11-12-16-15-9-7-8-10-17(15)26-19(16)18/h6-12,14H,4H2,1-3,5H3/t14-/m0/s1. The zero-order chi connectivity index (χ0) is 18.4. The highest BCUT2D eigenvalue weighted by atomic mass is 16.3. The SMILES string of the molecule is C=NC1=C(N=CC)N(C)[C@H](C)N1c1c(C)ccc2c1oc1ccccc12. The van der Waals surface area contributed by atoms with Gasteiger partial charge in [-0.2, -0.15) is 0 Å². The Hall–Kier alpha value is -3.08. The summed E-state index contributed by atoms with van der Waals surface area (Å²) in [7, 11) is 2.02. The van der Waals surface area contributed by atoms with Gasteiger partial charge in [0.25, 0.3) is 0 Å². The highest BCUT2D eigenvalue weighted by molar-refractivity contribution is 6.09. The molecule has 0 saturated heterocycles. The Morgan fingerprint density at radius 1 is 1.12 bits per heavy atom. The topological polar surface area (TPSA) is 44.3 Å². The van der Waals surface area contributed by atoms with Crippen molar-refractivity contribution in [1.82, 2.24) is 4.90 Å². The number of furan rings is 1. The lowest BCUT2D eigenvalue weighted by Crippen LogP contribution is -2.36. The maximum atomic E-state index is 6.27. The van der Waals surface area contributed by atoms with Crippen LogP contribution in [-0.4, -0.2) is 31.0 Å². The van der Waals surface area contributed by atoms with E-state index in [4.69, 9.17) is 4.42 Å². The van der Waals surface area contributed by atoms with Crippen molar-refractivity contribution in [2.75, 3.05) is 11.9 Å². The quantitative estimate of drug-likeness (QED) is 0.633. The molecule has 5 heteroatoms. The number of nitrogens with zero attached hydrogens (tertiary/aromatic N) is 4. The van der Waals surface area contributed by atoms with Crippen LogP contribution in [0.25, 0.3) is 21.9 Å². The number of para-hydroxylation sites is 1. The molecule has 2 heterocycles. The summed E-state index contributed by atoms with van der Waals surface area (Å²) in [5, 5.41) is 2.22. The van der Waals surface area contributed by atoms with Crippen molar-refractivity contribution in [1.29, 1.82) is 0 Å². The fourth-order valence-corrected chi connectivity index (χ4v) is 3.68. The van der Waals surface area contributed by atoms with E-state index in [1.807, 2.05) is 32.2 Å². The molecule has 1 atom stereocenters. The minimum Gasteiger partial charge on any atom is -0.454 e. The Bertz CT molecular complexity index is 1080. The molecule has 5 nitrogen and oxygen atoms in total. The van der Waals surface area contributed by atoms with Gasteiger partial charge in [0.2, 0.25) is 0 Å². The van der Waals surface area contributed by atoms with E-state index in [9.17, 15) is 0 Å². The molecule has 0 unspecified atom stereocenters. The lowest BCUT2D eigenvalue weighted by molar-refractivity contribution is 0.354. The minimum absolute atomic E-state index is 0.0479. The number of fused-ring (bicyclic) bond motifs is 3. The zero-order valence-corrected chi connectivity index (χ0v) is 15.5. The van der Waals surface area contributed by atoms with Crippen molar-refractivity contribution in [3.05, 3.63) is 53.6 Å². The van der Waals surface area contributed by atoms with E-state index in [0.29, 0.717) is 0 Å². The maximum Gasteiger partial charge on any atom is 0.177 e. The summed E-state index contributed by atoms with van der Waals surface area (Å²) in [5.41, 5.74) is 3.90. The molecule has 1 aliphatic rings. The third-order valence-corrected chi connectivity index (χ3v) is 5.06. The summed E-state index contributed by atoms with van der Waals surface area (Å²) in [4.78, 5) is 13.1. The van der Waals surface area contributed by atoms with Gasteiger partial charge in [0, 0.05) is 24.0 Å². The first-order valence-electron chi connectivity index (χ1n) is 8.71. The van der Waals surface area contributed by atoms with Crippen LogP contribution in [0.2, 0.25) is 0 Å². The fourth-order valence-electron chi connectivity index (χ4n) is 3.68. The van der Waals surface area contributed by atoms with E-state index < -0.39 is 0 Å². The van der Waals surface area contributed by atoms with Gasteiger partial charge in [-0.3, -0.25) is 4.90 Å². The molecule has 0 saturated carbocycles. The van der Waals surface area contributed by atoms with Crippen LogP contribution in [0.5, 0.6) is 0 Å². The minimum atomic E-state index is 0.0479. The van der Waals surface area contributed by atoms with Gasteiger partial charge in [-0.05, 0) is 39.1 Å². The van der Waals surface area contributed by atoms with Crippen LogP contribution in [-0.2, 0) is 0 Å². The van der Waals surface area contributed by atoms with Crippen LogP contribution in [0.4, 0.5) is 5.69 Å². The fraction of sp³-hybridized carbons (Fsp3) is 0.238. The third kappa shape index (κ3) is 2.17.